The van der Waals surface area contributed by atoms with Crippen LogP contribution >= 0.6 is 23.5 Å². The maximum Gasteiger partial charge on any atom is 0.223 e. The number of thioether (sulfide) groups is 2. The minimum absolute atomic E-state index is 0.397. The van der Waals surface area contributed by atoms with Crippen molar-refractivity contribution in [1.29, 1.82) is 0 Å². The van der Waals surface area contributed by atoms with E-state index in [1.165, 1.54) is 35.9 Å². The standard InChI is InChI=1S/C13H22N2OS2/c16-13-5-10(7-15(13)12-1-2-12)6-14-11-8-17-3-4-18-9-11/h10-12,14H,1-9H2/t10-/m0/s1. The van der Waals surface area contributed by atoms with Gasteiger partial charge in [-0.15, -0.1) is 0 Å². The summed E-state index contributed by atoms with van der Waals surface area (Å²) in [5, 5.41) is 3.68. The van der Waals surface area contributed by atoms with Gasteiger partial charge in [-0.05, 0) is 18.8 Å². The summed E-state index contributed by atoms with van der Waals surface area (Å²) in [5.74, 6) is 6.01. The average molecular weight is 286 g/mol. The molecule has 1 aliphatic carbocycles. The maximum absolute atomic E-state index is 11.9. The summed E-state index contributed by atoms with van der Waals surface area (Å²) in [6.45, 7) is 2.03. The zero-order valence-corrected chi connectivity index (χ0v) is 12.4. The average Bonchev–Trinajstić information content (AvgIpc) is 3.16. The number of hydrogen-bond acceptors (Lipinski definition) is 4. The van der Waals surface area contributed by atoms with E-state index in [1.54, 1.807) is 0 Å². The Balaban J connectivity index is 1.41. The third-order valence-corrected chi connectivity index (χ3v) is 6.45. The summed E-state index contributed by atoms with van der Waals surface area (Å²) in [7, 11) is 0. The molecule has 3 aliphatic rings. The van der Waals surface area contributed by atoms with Crippen LogP contribution in [0.4, 0.5) is 0 Å². The van der Waals surface area contributed by atoms with Crippen molar-refractivity contribution in [2.24, 2.45) is 5.92 Å². The van der Waals surface area contributed by atoms with Gasteiger partial charge in [0.25, 0.3) is 0 Å². The van der Waals surface area contributed by atoms with Gasteiger partial charge in [-0.25, -0.2) is 0 Å². The lowest BCUT2D eigenvalue weighted by molar-refractivity contribution is -0.128. The Labute approximate surface area is 118 Å². The lowest BCUT2D eigenvalue weighted by Crippen LogP contribution is -2.37. The van der Waals surface area contributed by atoms with E-state index in [-0.39, 0.29) is 0 Å². The van der Waals surface area contributed by atoms with Crippen LogP contribution in [0.5, 0.6) is 0 Å². The molecule has 1 saturated carbocycles. The first-order valence-corrected chi connectivity index (χ1v) is 9.32. The van der Waals surface area contributed by atoms with Crippen molar-refractivity contribution < 1.29 is 4.79 Å². The molecule has 3 rings (SSSR count). The molecule has 0 aromatic carbocycles. The Kier molecular flexibility index (Phi) is 4.42. The molecule has 1 amide bonds. The topological polar surface area (TPSA) is 32.3 Å². The van der Waals surface area contributed by atoms with Crippen LogP contribution in [0.1, 0.15) is 19.3 Å². The van der Waals surface area contributed by atoms with Crippen LogP contribution in [-0.4, -0.2) is 59.0 Å². The largest absolute Gasteiger partial charge is 0.339 e. The van der Waals surface area contributed by atoms with Crippen molar-refractivity contribution in [1.82, 2.24) is 10.2 Å². The van der Waals surface area contributed by atoms with Gasteiger partial charge >= 0.3 is 0 Å². The first kappa shape index (κ1) is 13.1. The molecule has 0 bridgehead atoms. The maximum atomic E-state index is 11.9. The zero-order chi connectivity index (χ0) is 12.4. The SMILES string of the molecule is O=C1C[C@@H](CNC2CSCCSC2)CN1C1CC1. The van der Waals surface area contributed by atoms with Crippen molar-refractivity contribution >= 4 is 29.4 Å². The van der Waals surface area contributed by atoms with Crippen molar-refractivity contribution in [3.8, 4) is 0 Å². The molecule has 5 heteroatoms. The molecule has 1 N–H and O–H groups in total. The normalized spacial score (nSPS) is 30.8. The summed E-state index contributed by atoms with van der Waals surface area (Å²) >= 11 is 4.12. The van der Waals surface area contributed by atoms with Gasteiger partial charge in [0.1, 0.15) is 0 Å². The summed E-state index contributed by atoms with van der Waals surface area (Å²) in [4.78, 5) is 14.0. The Morgan fingerprint density at radius 1 is 1.22 bits per heavy atom. The van der Waals surface area contributed by atoms with E-state index in [9.17, 15) is 4.79 Å². The fourth-order valence-electron chi connectivity index (χ4n) is 2.75. The number of rotatable bonds is 4. The van der Waals surface area contributed by atoms with Gasteiger partial charge < -0.3 is 10.2 Å². The van der Waals surface area contributed by atoms with Crippen LogP contribution in [0.2, 0.25) is 0 Å². The van der Waals surface area contributed by atoms with Crippen LogP contribution in [0.15, 0.2) is 0 Å². The predicted molar refractivity (Wildman–Crippen MR) is 79.3 cm³/mol. The van der Waals surface area contributed by atoms with Gasteiger partial charge in [0.05, 0.1) is 0 Å². The molecular weight excluding hydrogens is 264 g/mol. The van der Waals surface area contributed by atoms with Gasteiger partial charge in [0, 0.05) is 54.6 Å². The van der Waals surface area contributed by atoms with Gasteiger partial charge in [0.15, 0.2) is 0 Å². The minimum Gasteiger partial charge on any atom is -0.339 e. The van der Waals surface area contributed by atoms with Crippen LogP contribution in [0, 0.1) is 5.92 Å². The minimum atomic E-state index is 0.397. The second kappa shape index (κ2) is 6.06. The van der Waals surface area contributed by atoms with E-state index in [2.05, 4.69) is 33.7 Å². The van der Waals surface area contributed by atoms with Crippen LogP contribution in [0.25, 0.3) is 0 Å². The smallest absolute Gasteiger partial charge is 0.223 e. The van der Waals surface area contributed by atoms with Crippen LogP contribution < -0.4 is 5.32 Å². The molecule has 0 unspecified atom stereocenters. The molecule has 1 atom stereocenters. The lowest BCUT2D eigenvalue weighted by atomic mass is 10.1. The number of amides is 1. The van der Waals surface area contributed by atoms with Gasteiger partial charge in [-0.2, -0.15) is 23.5 Å². The summed E-state index contributed by atoms with van der Waals surface area (Å²) in [5.41, 5.74) is 0. The summed E-state index contributed by atoms with van der Waals surface area (Å²) in [6, 6.07) is 1.25. The molecule has 0 radical (unpaired) electrons. The Morgan fingerprint density at radius 3 is 2.61 bits per heavy atom. The molecule has 18 heavy (non-hydrogen) atoms. The molecular formula is C13H22N2OS2. The lowest BCUT2D eigenvalue weighted by Gasteiger charge is -2.19. The van der Waals surface area contributed by atoms with E-state index in [0.717, 1.165) is 19.5 Å². The quantitative estimate of drug-likeness (QED) is 0.847. The fourth-order valence-corrected chi connectivity index (χ4v) is 5.22. The molecule has 0 spiro atoms. The molecule has 3 nitrogen and oxygen atoms in total. The molecule has 2 saturated heterocycles. The predicted octanol–water partition coefficient (Wildman–Crippen LogP) is 1.44. The first-order chi connectivity index (χ1) is 8.83. The highest BCUT2D eigenvalue weighted by Gasteiger charge is 2.39. The Bertz CT molecular complexity index is 301. The third-order valence-electron chi connectivity index (χ3n) is 3.93. The highest BCUT2D eigenvalue weighted by atomic mass is 32.2. The van der Waals surface area contributed by atoms with Gasteiger partial charge in [-0.1, -0.05) is 0 Å². The van der Waals surface area contributed by atoms with E-state index < -0.39 is 0 Å². The number of nitrogens with one attached hydrogen (secondary N) is 1. The highest BCUT2D eigenvalue weighted by Crippen LogP contribution is 2.32. The molecule has 0 aromatic heterocycles. The first-order valence-electron chi connectivity index (χ1n) is 7.01. The van der Waals surface area contributed by atoms with E-state index >= 15 is 0 Å². The van der Waals surface area contributed by atoms with Crippen molar-refractivity contribution in [3.63, 3.8) is 0 Å². The monoisotopic (exact) mass is 286 g/mol. The van der Waals surface area contributed by atoms with Crippen LogP contribution in [-0.2, 0) is 4.79 Å². The van der Waals surface area contributed by atoms with Crippen molar-refractivity contribution in [2.45, 2.75) is 31.3 Å². The van der Waals surface area contributed by atoms with E-state index in [0.29, 0.717) is 23.9 Å². The molecule has 2 aliphatic heterocycles. The Morgan fingerprint density at radius 2 is 1.94 bits per heavy atom. The third kappa shape index (κ3) is 3.36. The van der Waals surface area contributed by atoms with Crippen LogP contribution in [0.3, 0.4) is 0 Å². The number of hydrogen-bond donors (Lipinski definition) is 1. The van der Waals surface area contributed by atoms with Crippen molar-refractivity contribution in [2.75, 3.05) is 36.1 Å². The molecule has 2 heterocycles. The van der Waals surface area contributed by atoms with Crippen molar-refractivity contribution in [3.05, 3.63) is 0 Å². The fraction of sp³-hybridized carbons (Fsp3) is 0.923. The molecule has 3 fully saturated rings. The van der Waals surface area contributed by atoms with E-state index in [1.807, 2.05) is 0 Å². The zero-order valence-electron chi connectivity index (χ0n) is 10.8. The van der Waals surface area contributed by atoms with Gasteiger partial charge in [0.2, 0.25) is 5.91 Å². The second-order valence-corrected chi connectivity index (χ2v) is 7.90. The summed E-state index contributed by atoms with van der Waals surface area (Å²) < 4.78 is 0. The highest BCUT2D eigenvalue weighted by molar-refractivity contribution is 8.03. The van der Waals surface area contributed by atoms with E-state index in [4.69, 9.17) is 0 Å². The second-order valence-electron chi connectivity index (χ2n) is 5.60. The molecule has 0 aromatic rings. The summed E-state index contributed by atoms with van der Waals surface area (Å²) in [6.07, 6.45) is 3.25. The number of carbonyl (C=O) groups excluding carboxylic acids is 1. The number of carbonyl (C=O) groups is 1. The number of nitrogens with zero attached hydrogens (tertiary/aromatic N) is 1. The Hall–Kier alpha value is 0.130. The van der Waals surface area contributed by atoms with Gasteiger partial charge in [-0.3, -0.25) is 4.79 Å². The molecule has 102 valence electrons. The number of likely N-dealkylation sites (tertiary alicyclic amines) is 1.